The van der Waals surface area contributed by atoms with Crippen molar-refractivity contribution in [3.05, 3.63) is 93.4 Å². The number of carbonyl (C=O) groups is 2. The summed E-state index contributed by atoms with van der Waals surface area (Å²) < 4.78 is 63.9. The van der Waals surface area contributed by atoms with Gasteiger partial charge in [-0.1, -0.05) is 31.9 Å². The molecule has 51 heavy (non-hydrogen) atoms. The van der Waals surface area contributed by atoms with Crippen molar-refractivity contribution in [3.8, 4) is 34.4 Å². The number of nitrogens with zero attached hydrogens (tertiary/aromatic N) is 4. The lowest BCUT2D eigenvalue weighted by molar-refractivity contribution is -0.133. The van der Waals surface area contributed by atoms with Crippen LogP contribution in [0.25, 0.3) is 33.4 Å². The van der Waals surface area contributed by atoms with E-state index >= 15 is 0 Å². The van der Waals surface area contributed by atoms with E-state index in [0.717, 1.165) is 31.0 Å². The average Bonchev–Trinajstić information content (AvgIpc) is 3.72. The number of halogens is 5. The highest BCUT2D eigenvalue weighted by Gasteiger charge is 2.30. The third kappa shape index (κ3) is 8.12. The normalized spacial score (nSPS) is 11.2. The minimum atomic E-state index is -4.42. The number of rotatable bonds is 10. The first kappa shape index (κ1) is 37.2. The summed E-state index contributed by atoms with van der Waals surface area (Å²) in [5.41, 5.74) is 4.55. The quantitative estimate of drug-likeness (QED) is 0.135. The second-order valence-corrected chi connectivity index (χ2v) is 12.6. The lowest BCUT2D eigenvalue weighted by atomic mass is 10.0. The molecule has 0 bridgehead atoms. The van der Waals surface area contributed by atoms with Crippen LogP contribution in [0.15, 0.2) is 82.3 Å². The van der Waals surface area contributed by atoms with Crippen molar-refractivity contribution in [3.63, 3.8) is 0 Å². The Balaban J connectivity index is 0.000000201. The van der Waals surface area contributed by atoms with Gasteiger partial charge in [0.25, 0.3) is 0 Å². The summed E-state index contributed by atoms with van der Waals surface area (Å²) in [6.45, 7) is 0. The third-order valence-corrected chi connectivity index (χ3v) is 8.67. The summed E-state index contributed by atoms with van der Waals surface area (Å²) in [5.74, 6) is -1.07. The highest BCUT2D eigenvalue weighted by molar-refractivity contribution is 9.10. The number of carbonyl (C=O) groups excluding carboxylic acids is 1. The zero-order valence-electron chi connectivity index (χ0n) is 27.4. The van der Waals surface area contributed by atoms with Gasteiger partial charge in [-0.3, -0.25) is 13.9 Å². The van der Waals surface area contributed by atoms with Crippen LogP contribution in [0.1, 0.15) is 33.6 Å². The number of fused-ring (bicyclic) bond motifs is 2. The van der Waals surface area contributed by atoms with Crippen LogP contribution in [-0.4, -0.2) is 70.6 Å². The predicted molar refractivity (Wildman–Crippen MR) is 190 cm³/mol. The van der Waals surface area contributed by atoms with Gasteiger partial charge in [0.2, 0.25) is 0 Å². The Labute approximate surface area is 305 Å². The maximum Gasteiger partial charge on any atom is 0.389 e. The molecular formula is C35H29Br2F3N4O7. The van der Waals surface area contributed by atoms with Gasteiger partial charge >= 0.3 is 12.1 Å². The van der Waals surface area contributed by atoms with E-state index in [0.29, 0.717) is 11.4 Å². The molecule has 0 aliphatic carbocycles. The molecule has 266 valence electrons. The van der Waals surface area contributed by atoms with Crippen molar-refractivity contribution in [1.29, 1.82) is 0 Å². The molecule has 0 spiro atoms. The van der Waals surface area contributed by atoms with Crippen molar-refractivity contribution in [2.24, 2.45) is 0 Å². The van der Waals surface area contributed by atoms with Crippen LogP contribution in [-0.2, 0) is 0 Å². The van der Waals surface area contributed by atoms with E-state index in [2.05, 4.69) is 41.8 Å². The van der Waals surface area contributed by atoms with Gasteiger partial charge < -0.3 is 24.1 Å². The minimum Gasteiger partial charge on any atom is -0.496 e. The van der Waals surface area contributed by atoms with E-state index in [4.69, 9.17) is 18.9 Å². The van der Waals surface area contributed by atoms with E-state index in [1.165, 1.54) is 28.4 Å². The molecule has 0 unspecified atom stereocenters. The molecule has 0 fully saturated rings. The first-order chi connectivity index (χ1) is 24.3. The van der Waals surface area contributed by atoms with Gasteiger partial charge in [-0.25, -0.2) is 14.8 Å². The molecule has 6 aromatic rings. The predicted octanol–water partition coefficient (Wildman–Crippen LogP) is 8.83. The molecule has 4 aromatic carbocycles. The number of methoxy groups -OCH3 is 4. The maximum absolute atomic E-state index is 12.5. The van der Waals surface area contributed by atoms with Gasteiger partial charge in [0, 0.05) is 39.6 Å². The first-order valence-electron chi connectivity index (χ1n) is 14.9. The van der Waals surface area contributed by atoms with Crippen molar-refractivity contribution in [2.75, 3.05) is 28.4 Å². The lowest BCUT2D eigenvalue weighted by Crippen LogP contribution is -2.13. The summed E-state index contributed by atoms with van der Waals surface area (Å²) in [5, 5.41) is 9.35. The summed E-state index contributed by atoms with van der Waals surface area (Å²) >= 11 is 6.81. The van der Waals surface area contributed by atoms with E-state index in [1.807, 2.05) is 41.0 Å². The number of alkyl halides is 3. The van der Waals surface area contributed by atoms with Crippen molar-refractivity contribution in [1.82, 2.24) is 19.1 Å². The monoisotopic (exact) mass is 832 g/mol. The summed E-state index contributed by atoms with van der Waals surface area (Å²) in [7, 11) is 5.55. The molecule has 0 saturated heterocycles. The molecule has 0 aliphatic heterocycles. The molecule has 2 aromatic heterocycles. The molecular weight excluding hydrogens is 805 g/mol. The van der Waals surface area contributed by atoms with Gasteiger partial charge in [-0.05, 0) is 36.4 Å². The van der Waals surface area contributed by atoms with Gasteiger partial charge in [-0.15, -0.1) is 0 Å². The largest absolute Gasteiger partial charge is 0.496 e. The highest BCUT2D eigenvalue weighted by Crippen LogP contribution is 2.36. The standard InChI is InChI=1S/C19H16BrF3N2O3.C16H13BrN2O4/c1-27-16-8-12(25-10-24-13-7-11(20)3-4-14(13)25)9-17(28-2)18(16)15(26)5-6-19(21,22)23;1-22-13-6-10(7-14(23-2)15(13)16(20)21)19-8-18-11-5-9(17)3-4-12(11)19/h3-4,7-10H,5-6H2,1-2H3;3-8H,1-2H3,(H,20,21). The fourth-order valence-electron chi connectivity index (χ4n) is 5.32. The van der Waals surface area contributed by atoms with E-state index < -0.39 is 30.8 Å². The van der Waals surface area contributed by atoms with Crippen LogP contribution in [0.2, 0.25) is 0 Å². The number of imidazole rings is 2. The molecule has 0 radical (unpaired) electrons. The van der Waals surface area contributed by atoms with Crippen LogP contribution in [0.3, 0.4) is 0 Å². The summed E-state index contributed by atoms with van der Waals surface area (Å²) in [4.78, 5) is 32.5. The average molecular weight is 834 g/mol. The first-order valence-corrected chi connectivity index (χ1v) is 16.5. The molecule has 0 aliphatic rings. The molecule has 0 amide bonds. The number of aromatic nitrogens is 4. The molecule has 0 saturated carbocycles. The number of Topliss-reactive ketones (excluding diaryl/α,β-unsaturated/α-hetero) is 1. The summed E-state index contributed by atoms with van der Waals surface area (Å²) in [6.07, 6.45) is -3.03. The fraction of sp³-hybridized carbons (Fsp3) is 0.200. The molecule has 2 heterocycles. The number of carboxylic acid groups (broad SMARTS) is 1. The van der Waals surface area contributed by atoms with Crippen LogP contribution in [0.4, 0.5) is 13.2 Å². The van der Waals surface area contributed by atoms with Gasteiger partial charge in [0.15, 0.2) is 5.78 Å². The van der Waals surface area contributed by atoms with E-state index in [1.54, 1.807) is 41.5 Å². The van der Waals surface area contributed by atoms with Crippen LogP contribution in [0.5, 0.6) is 23.0 Å². The van der Waals surface area contributed by atoms with Gasteiger partial charge in [0.05, 0.1) is 68.3 Å². The third-order valence-electron chi connectivity index (χ3n) is 7.68. The molecule has 0 atom stereocenters. The van der Waals surface area contributed by atoms with Crippen molar-refractivity contribution >= 4 is 65.7 Å². The molecule has 6 rings (SSSR count). The van der Waals surface area contributed by atoms with Crippen molar-refractivity contribution in [2.45, 2.75) is 19.0 Å². The number of benzene rings is 4. The van der Waals surface area contributed by atoms with Gasteiger partial charge in [0.1, 0.15) is 46.8 Å². The Morgan fingerprint density at radius 2 is 1.08 bits per heavy atom. The Bertz CT molecular complexity index is 2200. The zero-order valence-corrected chi connectivity index (χ0v) is 30.6. The number of aromatic carboxylic acids is 1. The second kappa shape index (κ2) is 15.4. The van der Waals surface area contributed by atoms with Crippen LogP contribution in [0, 0.1) is 0 Å². The Kier molecular flexibility index (Phi) is 11.2. The van der Waals surface area contributed by atoms with Crippen molar-refractivity contribution < 1.29 is 46.8 Å². The topological polar surface area (TPSA) is 127 Å². The Morgan fingerprint density at radius 1 is 0.686 bits per heavy atom. The minimum absolute atomic E-state index is 0.00841. The zero-order chi connectivity index (χ0) is 37.0. The maximum atomic E-state index is 12.5. The smallest absolute Gasteiger partial charge is 0.389 e. The number of hydrogen-bond acceptors (Lipinski definition) is 8. The van der Waals surface area contributed by atoms with E-state index in [-0.39, 0.29) is 34.1 Å². The second-order valence-electron chi connectivity index (χ2n) is 10.8. The van der Waals surface area contributed by atoms with Gasteiger partial charge in [-0.2, -0.15) is 13.2 Å². The molecule has 1 N–H and O–H groups in total. The number of ketones is 1. The number of carboxylic acids is 1. The van der Waals surface area contributed by atoms with Crippen LogP contribution < -0.4 is 18.9 Å². The SMILES string of the molecule is COc1cc(-n2cnc3cc(Br)ccc32)cc(OC)c1C(=O)CCC(F)(F)F.COc1cc(-n2cnc3cc(Br)ccc32)cc(OC)c1C(=O)O. The lowest BCUT2D eigenvalue weighted by Gasteiger charge is -2.16. The highest BCUT2D eigenvalue weighted by atomic mass is 79.9. The molecule has 11 nitrogen and oxygen atoms in total. The van der Waals surface area contributed by atoms with Crippen LogP contribution >= 0.6 is 31.9 Å². The fourth-order valence-corrected chi connectivity index (χ4v) is 6.02. The summed E-state index contributed by atoms with van der Waals surface area (Å²) in [6, 6.07) is 17.8. The Hall–Kier alpha value is -5.09. The number of hydrogen-bond donors (Lipinski definition) is 1. The number of ether oxygens (including phenoxy) is 4. The van der Waals surface area contributed by atoms with E-state index in [9.17, 15) is 27.9 Å². The Morgan fingerprint density at radius 3 is 1.43 bits per heavy atom. The molecule has 16 heteroatoms.